The van der Waals surface area contributed by atoms with E-state index >= 15 is 0 Å². The Kier molecular flexibility index (Phi) is 5.62. The van der Waals surface area contributed by atoms with Crippen molar-refractivity contribution in [2.45, 2.75) is 12.5 Å². The molecule has 0 radical (unpaired) electrons. The molecule has 2 heterocycles. The maximum atomic E-state index is 12.7. The fourth-order valence-corrected chi connectivity index (χ4v) is 2.25. The molecule has 0 aliphatic rings. The highest BCUT2D eigenvalue weighted by molar-refractivity contribution is 6.02. The molecule has 0 saturated carbocycles. The first kappa shape index (κ1) is 17.1. The molecule has 0 aliphatic heterocycles. The first-order valence-corrected chi connectivity index (χ1v) is 7.19. The summed E-state index contributed by atoms with van der Waals surface area (Å²) in [5.41, 5.74) is 2.16. The Bertz CT molecular complexity index is 727. The van der Waals surface area contributed by atoms with Crippen LogP contribution in [0.15, 0.2) is 38.1 Å². The van der Waals surface area contributed by atoms with Gasteiger partial charge in [-0.3, -0.25) is 9.78 Å². The third-order valence-corrected chi connectivity index (χ3v) is 3.44. The van der Waals surface area contributed by atoms with Crippen molar-refractivity contribution in [3.63, 3.8) is 0 Å². The van der Waals surface area contributed by atoms with Gasteiger partial charge in [0.2, 0.25) is 0 Å². The summed E-state index contributed by atoms with van der Waals surface area (Å²) in [6, 6.07) is -0.855. The molecule has 2 aromatic rings. The summed E-state index contributed by atoms with van der Waals surface area (Å²) in [4.78, 5) is 35.5. The van der Waals surface area contributed by atoms with E-state index < -0.39 is 17.9 Å². The molecular formula is C17H18N4O3. The van der Waals surface area contributed by atoms with Crippen molar-refractivity contribution < 1.29 is 14.3 Å². The Morgan fingerprint density at radius 2 is 1.92 bits per heavy atom. The van der Waals surface area contributed by atoms with E-state index in [0.29, 0.717) is 22.4 Å². The van der Waals surface area contributed by atoms with Crippen LogP contribution in [0.5, 0.6) is 0 Å². The molecule has 7 heteroatoms. The van der Waals surface area contributed by atoms with E-state index in [1.165, 1.54) is 38.0 Å². The Balaban J connectivity index is 2.29. The van der Waals surface area contributed by atoms with Crippen LogP contribution in [0.25, 0.3) is 12.2 Å². The molecule has 7 nitrogen and oxygen atoms in total. The first-order chi connectivity index (χ1) is 11.6. The van der Waals surface area contributed by atoms with Crippen molar-refractivity contribution in [3.8, 4) is 0 Å². The number of hydrogen-bond donors (Lipinski definition) is 2. The van der Waals surface area contributed by atoms with E-state index in [-0.39, 0.29) is 6.42 Å². The summed E-state index contributed by atoms with van der Waals surface area (Å²) in [6.45, 7) is 7.36. The summed E-state index contributed by atoms with van der Waals surface area (Å²) in [5.74, 6) is -0.982. The van der Waals surface area contributed by atoms with Gasteiger partial charge in [0.15, 0.2) is 0 Å². The lowest BCUT2D eigenvalue weighted by Gasteiger charge is -2.17. The van der Waals surface area contributed by atoms with Gasteiger partial charge in [-0.25, -0.2) is 9.78 Å². The largest absolute Gasteiger partial charge is 0.467 e. The Labute approximate surface area is 139 Å². The number of pyridine rings is 1. The Hall–Kier alpha value is -3.22. The molecule has 1 atom stereocenters. The lowest BCUT2D eigenvalue weighted by Crippen LogP contribution is -2.43. The summed E-state index contributed by atoms with van der Waals surface area (Å²) >= 11 is 0. The SMILES string of the molecule is C=Cc1cncc(C=C)c1C(=O)N[C@H](Cc1cnc[nH]1)C(=O)OC. The lowest BCUT2D eigenvalue weighted by molar-refractivity contribution is -0.142. The molecule has 0 aliphatic carbocycles. The topological polar surface area (TPSA) is 97.0 Å². The number of rotatable bonds is 7. The molecule has 0 saturated heterocycles. The fourth-order valence-electron chi connectivity index (χ4n) is 2.25. The van der Waals surface area contributed by atoms with Crippen molar-refractivity contribution >= 4 is 24.0 Å². The van der Waals surface area contributed by atoms with E-state index in [2.05, 4.69) is 33.4 Å². The van der Waals surface area contributed by atoms with Gasteiger partial charge in [-0.1, -0.05) is 25.3 Å². The quantitative estimate of drug-likeness (QED) is 0.753. The van der Waals surface area contributed by atoms with Gasteiger partial charge in [0.1, 0.15) is 6.04 Å². The Morgan fingerprint density at radius 3 is 2.42 bits per heavy atom. The number of aromatic amines is 1. The maximum absolute atomic E-state index is 12.7. The highest BCUT2D eigenvalue weighted by Crippen LogP contribution is 2.16. The third-order valence-electron chi connectivity index (χ3n) is 3.44. The number of imidazole rings is 1. The molecule has 2 N–H and O–H groups in total. The lowest BCUT2D eigenvalue weighted by atomic mass is 10.0. The average molecular weight is 326 g/mol. The molecule has 0 aromatic carbocycles. The van der Waals surface area contributed by atoms with Crippen molar-refractivity contribution in [1.82, 2.24) is 20.3 Å². The van der Waals surface area contributed by atoms with Crippen LogP contribution in [0.2, 0.25) is 0 Å². The minimum atomic E-state index is -0.855. The van der Waals surface area contributed by atoms with Crippen LogP contribution in [0.1, 0.15) is 27.2 Å². The first-order valence-electron chi connectivity index (χ1n) is 7.19. The van der Waals surface area contributed by atoms with Crippen LogP contribution in [0.3, 0.4) is 0 Å². The third kappa shape index (κ3) is 3.75. The van der Waals surface area contributed by atoms with Gasteiger partial charge < -0.3 is 15.0 Å². The number of H-pyrrole nitrogens is 1. The van der Waals surface area contributed by atoms with Crippen LogP contribution >= 0.6 is 0 Å². The predicted molar refractivity (Wildman–Crippen MR) is 90.0 cm³/mol. The molecule has 0 bridgehead atoms. The molecule has 1 amide bonds. The smallest absolute Gasteiger partial charge is 0.328 e. The predicted octanol–water partition coefficient (Wildman–Crippen LogP) is 1.60. The van der Waals surface area contributed by atoms with E-state index in [1.807, 2.05) is 0 Å². The molecule has 0 unspecified atom stereocenters. The number of esters is 1. The molecule has 124 valence electrons. The second kappa shape index (κ2) is 7.87. The number of methoxy groups -OCH3 is 1. The van der Waals surface area contributed by atoms with Gasteiger partial charge in [0, 0.05) is 41.8 Å². The van der Waals surface area contributed by atoms with Crippen LogP contribution in [-0.4, -0.2) is 40.0 Å². The second-order valence-corrected chi connectivity index (χ2v) is 4.93. The number of carbonyl (C=O) groups is 2. The summed E-state index contributed by atoms with van der Waals surface area (Å²) in [7, 11) is 1.27. The van der Waals surface area contributed by atoms with Crippen molar-refractivity contribution in [3.05, 3.63) is 60.5 Å². The van der Waals surface area contributed by atoms with Crippen molar-refractivity contribution in [1.29, 1.82) is 0 Å². The van der Waals surface area contributed by atoms with Crippen molar-refractivity contribution in [2.75, 3.05) is 7.11 Å². The number of amides is 1. The molecule has 0 fully saturated rings. The van der Waals surface area contributed by atoms with Crippen LogP contribution in [0, 0.1) is 0 Å². The minimum Gasteiger partial charge on any atom is -0.467 e. The highest BCUT2D eigenvalue weighted by Gasteiger charge is 2.25. The van der Waals surface area contributed by atoms with E-state index in [4.69, 9.17) is 4.74 Å². The second-order valence-electron chi connectivity index (χ2n) is 4.93. The number of aromatic nitrogens is 3. The summed E-state index contributed by atoms with van der Waals surface area (Å²) in [6.07, 6.45) is 9.41. The number of hydrogen-bond acceptors (Lipinski definition) is 5. The fraction of sp³-hybridized carbons (Fsp3) is 0.176. The number of nitrogens with one attached hydrogen (secondary N) is 2. The zero-order valence-corrected chi connectivity index (χ0v) is 13.3. The maximum Gasteiger partial charge on any atom is 0.328 e. The summed E-state index contributed by atoms with van der Waals surface area (Å²) < 4.78 is 4.77. The van der Waals surface area contributed by atoms with Gasteiger partial charge in [-0.05, 0) is 0 Å². The van der Waals surface area contributed by atoms with Gasteiger partial charge in [0.25, 0.3) is 5.91 Å². The van der Waals surface area contributed by atoms with E-state index in [0.717, 1.165) is 0 Å². The molecule has 2 aromatic heterocycles. The Morgan fingerprint density at radius 1 is 1.25 bits per heavy atom. The van der Waals surface area contributed by atoms with Crippen molar-refractivity contribution in [2.24, 2.45) is 0 Å². The number of carbonyl (C=O) groups excluding carboxylic acids is 2. The minimum absolute atomic E-state index is 0.232. The molecular weight excluding hydrogens is 308 g/mol. The van der Waals surface area contributed by atoms with E-state index in [9.17, 15) is 9.59 Å². The van der Waals surface area contributed by atoms with E-state index in [1.54, 1.807) is 6.20 Å². The molecule has 24 heavy (non-hydrogen) atoms. The zero-order valence-electron chi connectivity index (χ0n) is 13.3. The van der Waals surface area contributed by atoms with Gasteiger partial charge in [-0.2, -0.15) is 0 Å². The zero-order chi connectivity index (χ0) is 17.5. The van der Waals surface area contributed by atoms with Crippen LogP contribution in [-0.2, 0) is 16.0 Å². The molecule has 2 rings (SSSR count). The standard InChI is InChI=1S/C17H18N4O3/c1-4-11-7-18-8-12(5-2)15(11)16(22)21-14(17(23)24-3)6-13-9-19-10-20-13/h4-5,7-10,14H,1-2,6H2,3H3,(H,19,20)(H,21,22)/t14-/m1/s1. The number of nitrogens with zero attached hydrogens (tertiary/aromatic N) is 2. The van der Waals surface area contributed by atoms with Gasteiger partial charge in [0.05, 0.1) is 19.0 Å². The van der Waals surface area contributed by atoms with Gasteiger partial charge >= 0.3 is 5.97 Å². The normalized spacial score (nSPS) is 11.4. The summed E-state index contributed by atoms with van der Waals surface area (Å²) in [5, 5.41) is 2.69. The highest BCUT2D eigenvalue weighted by atomic mass is 16.5. The van der Waals surface area contributed by atoms with Crippen LogP contribution < -0.4 is 5.32 Å². The van der Waals surface area contributed by atoms with Gasteiger partial charge in [-0.15, -0.1) is 0 Å². The number of ether oxygens (including phenoxy) is 1. The van der Waals surface area contributed by atoms with Crippen LogP contribution in [0.4, 0.5) is 0 Å². The molecule has 0 spiro atoms. The monoisotopic (exact) mass is 326 g/mol. The average Bonchev–Trinajstić information content (AvgIpc) is 3.12.